The Kier molecular flexibility index (Phi) is 3.75. The maximum atomic E-state index is 12.7. The lowest BCUT2D eigenvalue weighted by Gasteiger charge is -2.32. The molecular weight excluding hydrogens is 282 g/mol. The second-order valence-electron chi connectivity index (χ2n) is 5.42. The van der Waals surface area contributed by atoms with Crippen LogP contribution < -0.4 is 4.74 Å². The molecule has 1 aliphatic heterocycles. The van der Waals surface area contributed by atoms with Crippen molar-refractivity contribution in [2.75, 3.05) is 33.3 Å². The van der Waals surface area contributed by atoms with Gasteiger partial charge in [-0.15, -0.1) is 0 Å². The fourth-order valence-corrected chi connectivity index (χ4v) is 2.94. The van der Waals surface area contributed by atoms with Gasteiger partial charge in [0.15, 0.2) is 0 Å². The first kappa shape index (κ1) is 14.4. The fourth-order valence-electron chi connectivity index (χ4n) is 2.94. The monoisotopic (exact) mass is 301 g/mol. The Bertz CT molecular complexity index is 715. The molecule has 0 radical (unpaired) electrons. The van der Waals surface area contributed by atoms with Crippen molar-refractivity contribution < 1.29 is 14.3 Å². The minimum atomic E-state index is -0.00805. The Morgan fingerprint density at radius 1 is 1.23 bits per heavy atom. The second-order valence-corrected chi connectivity index (χ2v) is 5.42. The molecule has 2 heterocycles. The van der Waals surface area contributed by atoms with Crippen LogP contribution in [0.5, 0.6) is 5.75 Å². The van der Waals surface area contributed by atoms with Crippen molar-refractivity contribution >= 4 is 23.2 Å². The van der Waals surface area contributed by atoms with E-state index in [0.717, 1.165) is 23.1 Å². The van der Waals surface area contributed by atoms with Crippen LogP contribution in [0.3, 0.4) is 0 Å². The molecule has 2 amide bonds. The maximum Gasteiger partial charge on any atom is 0.270 e. The largest absolute Gasteiger partial charge is 0.495 e. The number of rotatable bonds is 3. The van der Waals surface area contributed by atoms with Crippen LogP contribution in [0, 0.1) is 0 Å². The third kappa shape index (κ3) is 2.30. The number of amides is 2. The zero-order chi connectivity index (χ0) is 15.7. The predicted molar refractivity (Wildman–Crippen MR) is 83.0 cm³/mol. The molecule has 6 nitrogen and oxygen atoms in total. The van der Waals surface area contributed by atoms with E-state index in [0.29, 0.717) is 31.9 Å². The Labute approximate surface area is 128 Å². The predicted octanol–water partition coefficient (Wildman–Crippen LogP) is 1.10. The summed E-state index contributed by atoms with van der Waals surface area (Å²) < 4.78 is 7.26. The highest BCUT2D eigenvalue weighted by Crippen LogP contribution is 2.28. The Hall–Kier alpha value is -2.50. The van der Waals surface area contributed by atoms with Crippen LogP contribution in [0.15, 0.2) is 24.3 Å². The van der Waals surface area contributed by atoms with E-state index in [9.17, 15) is 9.59 Å². The van der Waals surface area contributed by atoms with Crippen LogP contribution in [0.2, 0.25) is 0 Å². The maximum absolute atomic E-state index is 12.7. The first-order valence-corrected chi connectivity index (χ1v) is 7.26. The summed E-state index contributed by atoms with van der Waals surface area (Å²) in [6.07, 6.45) is 0.837. The summed E-state index contributed by atoms with van der Waals surface area (Å²) in [6.45, 7) is 2.30. The lowest BCUT2D eigenvalue weighted by atomic mass is 10.2. The van der Waals surface area contributed by atoms with Gasteiger partial charge in [-0.1, -0.05) is 12.1 Å². The standard InChI is InChI=1S/C16H19N3O3/c1-17-13(10-12-4-3-5-14(22-2)15(12)17)16(21)19-8-6-18(11-20)7-9-19/h3-5,10-11H,6-9H2,1-2H3. The number of fused-ring (bicyclic) bond motifs is 1. The van der Waals surface area contributed by atoms with Crippen molar-refractivity contribution in [2.45, 2.75) is 0 Å². The number of nitrogens with zero attached hydrogens (tertiary/aromatic N) is 3. The molecule has 116 valence electrons. The van der Waals surface area contributed by atoms with E-state index in [-0.39, 0.29) is 5.91 Å². The molecule has 2 aromatic rings. The molecule has 1 aromatic carbocycles. The van der Waals surface area contributed by atoms with Gasteiger partial charge in [-0.3, -0.25) is 9.59 Å². The molecule has 1 aliphatic rings. The van der Waals surface area contributed by atoms with Crippen LogP contribution in [-0.2, 0) is 11.8 Å². The van der Waals surface area contributed by atoms with Gasteiger partial charge in [0.1, 0.15) is 11.4 Å². The number of carbonyl (C=O) groups excluding carboxylic acids is 2. The number of hydrogen-bond donors (Lipinski definition) is 0. The summed E-state index contributed by atoms with van der Waals surface area (Å²) in [5, 5.41) is 0.983. The molecule has 0 bridgehead atoms. The fraction of sp³-hybridized carbons (Fsp3) is 0.375. The van der Waals surface area contributed by atoms with E-state index >= 15 is 0 Å². The SMILES string of the molecule is COc1cccc2cc(C(=O)N3CCN(C=O)CC3)n(C)c12. The van der Waals surface area contributed by atoms with Crippen molar-refractivity contribution in [3.8, 4) is 5.75 Å². The molecule has 6 heteroatoms. The van der Waals surface area contributed by atoms with Gasteiger partial charge in [0.2, 0.25) is 6.41 Å². The number of ether oxygens (including phenoxy) is 1. The van der Waals surface area contributed by atoms with E-state index in [1.165, 1.54) is 0 Å². The van der Waals surface area contributed by atoms with Crippen LogP contribution in [0.25, 0.3) is 10.9 Å². The van der Waals surface area contributed by atoms with Crippen molar-refractivity contribution in [3.63, 3.8) is 0 Å². The van der Waals surface area contributed by atoms with Crippen LogP contribution in [0.1, 0.15) is 10.5 Å². The van der Waals surface area contributed by atoms with Gasteiger partial charge in [-0.25, -0.2) is 0 Å². The van der Waals surface area contributed by atoms with Gasteiger partial charge in [-0.2, -0.15) is 0 Å². The van der Waals surface area contributed by atoms with Crippen molar-refractivity contribution in [1.82, 2.24) is 14.4 Å². The lowest BCUT2D eigenvalue weighted by molar-refractivity contribution is -0.119. The molecule has 0 N–H and O–H groups in total. The van der Waals surface area contributed by atoms with E-state index in [1.807, 2.05) is 35.9 Å². The number of benzene rings is 1. The second kappa shape index (κ2) is 5.71. The quantitative estimate of drug-likeness (QED) is 0.798. The van der Waals surface area contributed by atoms with Gasteiger partial charge in [0, 0.05) is 38.6 Å². The van der Waals surface area contributed by atoms with Crippen molar-refractivity contribution in [1.29, 1.82) is 0 Å². The zero-order valence-electron chi connectivity index (χ0n) is 12.8. The minimum Gasteiger partial charge on any atom is -0.495 e. The first-order chi connectivity index (χ1) is 10.7. The van der Waals surface area contributed by atoms with E-state index < -0.39 is 0 Å². The molecule has 0 aliphatic carbocycles. The molecule has 0 saturated carbocycles. The average molecular weight is 301 g/mol. The molecular formula is C16H19N3O3. The molecule has 1 saturated heterocycles. The first-order valence-electron chi connectivity index (χ1n) is 7.26. The highest BCUT2D eigenvalue weighted by atomic mass is 16.5. The minimum absolute atomic E-state index is 0.00805. The van der Waals surface area contributed by atoms with E-state index in [1.54, 1.807) is 16.9 Å². The number of carbonyl (C=O) groups is 2. The van der Waals surface area contributed by atoms with Gasteiger partial charge >= 0.3 is 0 Å². The van der Waals surface area contributed by atoms with Gasteiger partial charge < -0.3 is 19.1 Å². The highest BCUT2D eigenvalue weighted by Gasteiger charge is 2.24. The number of methoxy groups -OCH3 is 1. The van der Waals surface area contributed by atoms with Crippen LogP contribution in [0.4, 0.5) is 0 Å². The highest BCUT2D eigenvalue weighted by molar-refractivity contribution is 6.00. The number of hydrogen-bond acceptors (Lipinski definition) is 3. The van der Waals surface area contributed by atoms with Gasteiger partial charge in [0.25, 0.3) is 5.91 Å². The summed E-state index contributed by atoms with van der Waals surface area (Å²) in [4.78, 5) is 27.0. The molecule has 3 rings (SSSR count). The van der Waals surface area contributed by atoms with E-state index in [2.05, 4.69) is 0 Å². The summed E-state index contributed by atoms with van der Waals surface area (Å²) in [5.74, 6) is 0.746. The Morgan fingerprint density at radius 3 is 2.59 bits per heavy atom. The summed E-state index contributed by atoms with van der Waals surface area (Å²) >= 11 is 0. The molecule has 0 atom stereocenters. The summed E-state index contributed by atoms with van der Waals surface area (Å²) in [6, 6.07) is 7.67. The van der Waals surface area contributed by atoms with Crippen molar-refractivity contribution in [2.24, 2.45) is 7.05 Å². The molecule has 22 heavy (non-hydrogen) atoms. The summed E-state index contributed by atoms with van der Waals surface area (Å²) in [7, 11) is 3.50. The topological polar surface area (TPSA) is 54.8 Å². The molecule has 1 aromatic heterocycles. The van der Waals surface area contributed by atoms with Crippen LogP contribution >= 0.6 is 0 Å². The van der Waals surface area contributed by atoms with E-state index in [4.69, 9.17) is 4.74 Å². The number of piperazine rings is 1. The lowest BCUT2D eigenvalue weighted by Crippen LogP contribution is -2.48. The molecule has 0 spiro atoms. The van der Waals surface area contributed by atoms with Gasteiger partial charge in [0.05, 0.1) is 12.6 Å². The zero-order valence-corrected chi connectivity index (χ0v) is 12.8. The number of aromatic nitrogens is 1. The third-order valence-electron chi connectivity index (χ3n) is 4.21. The number of para-hydroxylation sites is 1. The van der Waals surface area contributed by atoms with Crippen molar-refractivity contribution in [3.05, 3.63) is 30.0 Å². The third-order valence-corrected chi connectivity index (χ3v) is 4.21. The molecule has 1 fully saturated rings. The summed E-state index contributed by atoms with van der Waals surface area (Å²) in [5.41, 5.74) is 1.55. The van der Waals surface area contributed by atoms with Gasteiger partial charge in [-0.05, 0) is 12.1 Å². The Morgan fingerprint density at radius 2 is 1.95 bits per heavy atom. The van der Waals surface area contributed by atoms with Crippen LogP contribution in [-0.4, -0.2) is 60.0 Å². The number of aryl methyl sites for hydroxylation is 1. The average Bonchev–Trinajstić information content (AvgIpc) is 2.91. The smallest absolute Gasteiger partial charge is 0.270 e. The Balaban J connectivity index is 1.92. The normalized spacial score (nSPS) is 15.2. The molecule has 0 unspecified atom stereocenters.